The van der Waals surface area contributed by atoms with Crippen molar-refractivity contribution in [3.05, 3.63) is 28.2 Å². The number of nitrogens with zero attached hydrogens (tertiary/aromatic N) is 1. The van der Waals surface area contributed by atoms with Gasteiger partial charge >= 0.3 is 0 Å². The molecule has 1 aromatic carbocycles. The molecule has 5 fully saturated rings. The van der Waals surface area contributed by atoms with Crippen LogP contribution in [0.15, 0.2) is 23.1 Å². The van der Waals surface area contributed by atoms with E-state index in [1.54, 1.807) is 6.07 Å². The van der Waals surface area contributed by atoms with E-state index in [0.29, 0.717) is 25.9 Å². The van der Waals surface area contributed by atoms with Gasteiger partial charge in [-0.25, -0.2) is 8.42 Å². The zero-order chi connectivity index (χ0) is 21.1. The lowest BCUT2D eigenvalue weighted by Crippen LogP contribution is -2.61. The second-order valence-corrected chi connectivity index (χ2v) is 12.6. The molecule has 4 saturated carbocycles. The van der Waals surface area contributed by atoms with Crippen LogP contribution in [0.25, 0.3) is 0 Å². The topological polar surface area (TPSA) is 66.5 Å². The summed E-state index contributed by atoms with van der Waals surface area (Å²) in [6.07, 6.45) is 8.47. The summed E-state index contributed by atoms with van der Waals surface area (Å²) in [4.78, 5) is 13.1. The van der Waals surface area contributed by atoms with Gasteiger partial charge in [0.05, 0.1) is 10.0 Å². The lowest BCUT2D eigenvalue weighted by Gasteiger charge is -2.57. The standard InChI is InChI=1S/C22H28Cl2N2O3S/c23-18-2-1-3-19(24)20(18)30(28,29)26-6-4-17(5-7-26)21(27)25-22-11-14-8-15(12-22)10-16(9-14)13-22/h1-3,14-17H,4-13H2,(H,25,27). The van der Waals surface area contributed by atoms with Gasteiger partial charge in [-0.2, -0.15) is 4.31 Å². The molecule has 4 aliphatic carbocycles. The predicted molar refractivity (Wildman–Crippen MR) is 117 cm³/mol. The highest BCUT2D eigenvalue weighted by Crippen LogP contribution is 2.55. The van der Waals surface area contributed by atoms with Crippen LogP contribution >= 0.6 is 23.2 Å². The van der Waals surface area contributed by atoms with Gasteiger partial charge < -0.3 is 5.32 Å². The van der Waals surface area contributed by atoms with Crippen molar-refractivity contribution in [2.24, 2.45) is 23.7 Å². The van der Waals surface area contributed by atoms with Crippen LogP contribution in [0.2, 0.25) is 10.0 Å². The molecule has 1 amide bonds. The van der Waals surface area contributed by atoms with E-state index in [-0.39, 0.29) is 32.3 Å². The molecule has 1 heterocycles. The first-order valence-corrected chi connectivity index (χ1v) is 13.2. The SMILES string of the molecule is O=C(NC12CC3CC(CC(C3)C1)C2)C1CCN(S(=O)(=O)c2c(Cl)cccc2Cl)CC1. The van der Waals surface area contributed by atoms with Crippen LogP contribution in [0.5, 0.6) is 0 Å². The van der Waals surface area contributed by atoms with E-state index in [4.69, 9.17) is 23.2 Å². The van der Waals surface area contributed by atoms with Gasteiger partial charge in [0.15, 0.2) is 0 Å². The average Bonchev–Trinajstić information content (AvgIpc) is 2.66. The smallest absolute Gasteiger partial charge is 0.246 e. The minimum atomic E-state index is -3.78. The quantitative estimate of drug-likeness (QED) is 0.704. The molecule has 1 N–H and O–H groups in total. The van der Waals surface area contributed by atoms with Crippen molar-refractivity contribution in [2.45, 2.75) is 61.8 Å². The molecular formula is C22H28Cl2N2O3S. The van der Waals surface area contributed by atoms with Crippen molar-refractivity contribution in [3.63, 3.8) is 0 Å². The van der Waals surface area contributed by atoms with Gasteiger partial charge in [-0.15, -0.1) is 0 Å². The molecule has 0 spiro atoms. The number of carbonyl (C=O) groups excluding carboxylic acids is 1. The fourth-order valence-corrected chi connectivity index (χ4v) is 9.40. The molecule has 0 radical (unpaired) electrons. The molecular weight excluding hydrogens is 443 g/mol. The Bertz CT molecular complexity index is 902. The van der Waals surface area contributed by atoms with Gasteiger partial charge in [-0.05, 0) is 81.3 Å². The summed E-state index contributed by atoms with van der Waals surface area (Å²) in [5.74, 6) is 2.33. The molecule has 8 heteroatoms. The maximum atomic E-state index is 13.1. The molecule has 5 nitrogen and oxygen atoms in total. The summed E-state index contributed by atoms with van der Waals surface area (Å²) in [5, 5.41) is 3.71. The van der Waals surface area contributed by atoms with Crippen LogP contribution in [0.1, 0.15) is 51.4 Å². The number of piperidine rings is 1. The molecule has 1 saturated heterocycles. The number of hydrogen-bond donors (Lipinski definition) is 1. The summed E-state index contributed by atoms with van der Waals surface area (Å²) in [6, 6.07) is 4.70. The molecule has 4 bridgehead atoms. The van der Waals surface area contributed by atoms with Gasteiger partial charge in [-0.3, -0.25) is 4.79 Å². The summed E-state index contributed by atoms with van der Waals surface area (Å²) in [7, 11) is -3.78. The molecule has 0 aromatic heterocycles. The molecule has 6 rings (SSSR count). The first-order chi connectivity index (χ1) is 14.3. The first kappa shape index (κ1) is 21.0. The molecule has 164 valence electrons. The average molecular weight is 471 g/mol. The van der Waals surface area contributed by atoms with Crippen LogP contribution in [0, 0.1) is 23.7 Å². The summed E-state index contributed by atoms with van der Waals surface area (Å²) < 4.78 is 27.5. The zero-order valence-electron chi connectivity index (χ0n) is 16.9. The highest BCUT2D eigenvalue weighted by atomic mass is 35.5. The molecule has 0 atom stereocenters. The zero-order valence-corrected chi connectivity index (χ0v) is 19.3. The van der Waals surface area contributed by atoms with Crippen LogP contribution in [0.3, 0.4) is 0 Å². The predicted octanol–water partition coefficient (Wildman–Crippen LogP) is 4.48. The number of nitrogens with one attached hydrogen (secondary N) is 1. The van der Waals surface area contributed by atoms with Crippen molar-refractivity contribution in [2.75, 3.05) is 13.1 Å². The normalized spacial score (nSPS) is 34.3. The number of sulfonamides is 1. The Hall–Kier alpha value is -0.820. The van der Waals surface area contributed by atoms with Gasteiger partial charge in [-0.1, -0.05) is 29.3 Å². The van der Waals surface area contributed by atoms with Crippen LogP contribution in [-0.4, -0.2) is 37.3 Å². The van der Waals surface area contributed by atoms with Gasteiger partial charge in [0.25, 0.3) is 0 Å². The van der Waals surface area contributed by atoms with Gasteiger partial charge in [0.2, 0.25) is 15.9 Å². The van der Waals surface area contributed by atoms with E-state index in [1.165, 1.54) is 35.7 Å². The van der Waals surface area contributed by atoms with Gasteiger partial charge in [0, 0.05) is 24.5 Å². The number of rotatable bonds is 4. The van der Waals surface area contributed by atoms with E-state index in [9.17, 15) is 13.2 Å². The maximum absolute atomic E-state index is 13.1. The molecule has 5 aliphatic rings. The highest BCUT2D eigenvalue weighted by Gasteiger charge is 2.52. The number of carbonyl (C=O) groups is 1. The Kier molecular flexibility index (Phi) is 5.36. The van der Waals surface area contributed by atoms with E-state index in [1.807, 2.05) is 0 Å². The van der Waals surface area contributed by atoms with Crippen LogP contribution in [0.4, 0.5) is 0 Å². The van der Waals surface area contributed by atoms with E-state index in [2.05, 4.69) is 5.32 Å². The summed E-state index contributed by atoms with van der Waals surface area (Å²) in [5.41, 5.74) is 0.000132. The minimum absolute atomic E-state index is 0.000132. The summed E-state index contributed by atoms with van der Waals surface area (Å²) >= 11 is 12.3. The Morgan fingerprint density at radius 3 is 1.97 bits per heavy atom. The minimum Gasteiger partial charge on any atom is -0.350 e. The molecule has 30 heavy (non-hydrogen) atoms. The second-order valence-electron chi connectivity index (χ2n) is 9.92. The number of hydrogen-bond acceptors (Lipinski definition) is 3. The third-order valence-electron chi connectivity index (χ3n) is 7.77. The summed E-state index contributed by atoms with van der Waals surface area (Å²) in [6.45, 7) is 0.617. The van der Waals surface area contributed by atoms with E-state index < -0.39 is 10.0 Å². The highest BCUT2D eigenvalue weighted by molar-refractivity contribution is 7.89. The third kappa shape index (κ3) is 3.68. The van der Waals surface area contributed by atoms with Crippen molar-refractivity contribution in [1.82, 2.24) is 9.62 Å². The molecule has 1 aliphatic heterocycles. The molecule has 0 unspecified atom stereocenters. The maximum Gasteiger partial charge on any atom is 0.246 e. The number of halogens is 2. The van der Waals surface area contributed by atoms with Crippen molar-refractivity contribution in [3.8, 4) is 0 Å². The number of amides is 1. The lowest BCUT2D eigenvalue weighted by molar-refractivity contribution is -0.132. The molecule has 1 aromatic rings. The number of benzene rings is 1. The third-order valence-corrected chi connectivity index (χ3v) is 10.6. The van der Waals surface area contributed by atoms with E-state index in [0.717, 1.165) is 37.0 Å². The fraction of sp³-hybridized carbons (Fsp3) is 0.682. The Labute approximate surface area is 188 Å². The van der Waals surface area contributed by atoms with Crippen molar-refractivity contribution in [1.29, 1.82) is 0 Å². The lowest BCUT2D eigenvalue weighted by atomic mass is 9.53. The second kappa shape index (κ2) is 7.65. The van der Waals surface area contributed by atoms with Crippen LogP contribution < -0.4 is 5.32 Å². The monoisotopic (exact) mass is 470 g/mol. The van der Waals surface area contributed by atoms with Crippen molar-refractivity contribution >= 4 is 39.1 Å². The van der Waals surface area contributed by atoms with Crippen molar-refractivity contribution < 1.29 is 13.2 Å². The fourth-order valence-electron chi connectivity index (χ4n) is 6.84. The van der Waals surface area contributed by atoms with Gasteiger partial charge in [0.1, 0.15) is 4.90 Å². The Morgan fingerprint density at radius 1 is 0.967 bits per heavy atom. The van der Waals surface area contributed by atoms with E-state index >= 15 is 0 Å². The Morgan fingerprint density at radius 2 is 1.47 bits per heavy atom. The first-order valence-electron chi connectivity index (χ1n) is 11.0. The van der Waals surface area contributed by atoms with Crippen LogP contribution in [-0.2, 0) is 14.8 Å². The largest absolute Gasteiger partial charge is 0.350 e. The Balaban J connectivity index is 1.24.